The third-order valence-electron chi connectivity index (χ3n) is 5.68. The Morgan fingerprint density at radius 3 is 2.24 bits per heavy atom. The lowest BCUT2D eigenvalue weighted by Gasteiger charge is -2.27. The largest absolute Gasteiger partial charge is 0.496 e. The van der Waals surface area contributed by atoms with Gasteiger partial charge in [-0.3, -0.25) is 14.9 Å². The molecular weight excluding hydrogens is 421 g/mol. The molecule has 0 aliphatic heterocycles. The summed E-state index contributed by atoms with van der Waals surface area (Å²) < 4.78 is 19.3. The van der Waals surface area contributed by atoms with Crippen molar-refractivity contribution in [2.45, 2.75) is 19.0 Å². The van der Waals surface area contributed by atoms with Crippen molar-refractivity contribution in [1.82, 2.24) is 5.32 Å². The van der Waals surface area contributed by atoms with Crippen molar-refractivity contribution >= 4 is 17.1 Å². The number of nitrogens with one attached hydrogen (secondary N) is 2. The Labute approximate surface area is 190 Å². The fourth-order valence-corrected chi connectivity index (χ4v) is 3.82. The van der Waals surface area contributed by atoms with Crippen LogP contribution in [0.5, 0.6) is 5.75 Å². The van der Waals surface area contributed by atoms with Crippen LogP contribution in [-0.4, -0.2) is 7.11 Å². The van der Waals surface area contributed by atoms with Crippen molar-refractivity contribution in [3.8, 4) is 5.75 Å². The summed E-state index contributed by atoms with van der Waals surface area (Å²) in [5.41, 5.74) is 7.62. The predicted molar refractivity (Wildman–Crippen MR) is 128 cm³/mol. The van der Waals surface area contributed by atoms with Gasteiger partial charge in [-0.05, 0) is 48.4 Å². The SMILES string of the molecule is COc1ccc(Nc2c(N)c(=O)c2=O)cc1C(N[C@@H](C)c1ccccc1)c1ccc(F)cc1. The Kier molecular flexibility index (Phi) is 6.24. The normalized spacial score (nSPS) is 12.9. The maximum atomic E-state index is 13.7. The van der Waals surface area contributed by atoms with Crippen LogP contribution in [0.1, 0.15) is 35.7 Å². The number of ether oxygens (including phenoxy) is 1. The number of nitrogens with two attached hydrogens (primary N) is 1. The first-order valence-electron chi connectivity index (χ1n) is 10.5. The molecule has 0 radical (unpaired) electrons. The van der Waals surface area contributed by atoms with Crippen LogP contribution in [0.3, 0.4) is 0 Å². The predicted octanol–water partition coefficient (Wildman–Crippen LogP) is 4.20. The minimum Gasteiger partial charge on any atom is -0.496 e. The summed E-state index contributed by atoms with van der Waals surface area (Å²) in [5, 5.41) is 6.55. The highest BCUT2D eigenvalue weighted by Gasteiger charge is 2.23. The summed E-state index contributed by atoms with van der Waals surface area (Å²) in [6.07, 6.45) is 0. The zero-order chi connectivity index (χ0) is 23.5. The highest BCUT2D eigenvalue weighted by molar-refractivity contribution is 5.77. The molecule has 1 unspecified atom stereocenters. The zero-order valence-electron chi connectivity index (χ0n) is 18.3. The van der Waals surface area contributed by atoms with Gasteiger partial charge < -0.3 is 15.8 Å². The molecule has 4 aromatic carbocycles. The number of hydrogen-bond acceptors (Lipinski definition) is 6. The first-order valence-corrected chi connectivity index (χ1v) is 10.5. The molecule has 6 nitrogen and oxygen atoms in total. The number of nitrogen functional groups attached to an aromatic ring is 1. The van der Waals surface area contributed by atoms with E-state index in [0.717, 1.165) is 16.7 Å². The molecule has 0 amide bonds. The maximum Gasteiger partial charge on any atom is 0.253 e. The Bertz CT molecular complexity index is 1330. The van der Waals surface area contributed by atoms with Crippen LogP contribution in [0.15, 0.2) is 82.4 Å². The number of rotatable bonds is 8. The average molecular weight is 445 g/mol. The van der Waals surface area contributed by atoms with Gasteiger partial charge in [-0.2, -0.15) is 0 Å². The Morgan fingerprint density at radius 2 is 1.61 bits per heavy atom. The van der Waals surface area contributed by atoms with Gasteiger partial charge in [0.25, 0.3) is 10.9 Å². The van der Waals surface area contributed by atoms with Gasteiger partial charge in [0, 0.05) is 17.3 Å². The fourth-order valence-electron chi connectivity index (χ4n) is 3.82. The van der Waals surface area contributed by atoms with E-state index in [9.17, 15) is 14.0 Å². The van der Waals surface area contributed by atoms with Crippen molar-refractivity contribution in [2.75, 3.05) is 18.2 Å². The minimum atomic E-state index is -0.686. The van der Waals surface area contributed by atoms with Crippen LogP contribution in [0.4, 0.5) is 21.5 Å². The van der Waals surface area contributed by atoms with Gasteiger partial charge in [0.15, 0.2) is 0 Å². The number of halogens is 1. The molecule has 4 N–H and O–H groups in total. The fraction of sp³-hybridized carbons (Fsp3) is 0.154. The molecule has 0 aliphatic rings. The van der Waals surface area contributed by atoms with Crippen LogP contribution < -0.4 is 32.0 Å². The van der Waals surface area contributed by atoms with Crippen molar-refractivity contribution in [3.63, 3.8) is 0 Å². The number of anilines is 3. The summed E-state index contributed by atoms with van der Waals surface area (Å²) in [5.74, 6) is 0.284. The van der Waals surface area contributed by atoms with E-state index >= 15 is 0 Å². The van der Waals surface area contributed by atoms with Crippen LogP contribution in [0.2, 0.25) is 0 Å². The second kappa shape index (κ2) is 9.26. The lowest BCUT2D eigenvalue weighted by molar-refractivity contribution is 0.400. The van der Waals surface area contributed by atoms with E-state index in [1.54, 1.807) is 31.4 Å². The lowest BCUT2D eigenvalue weighted by atomic mass is 9.95. The van der Waals surface area contributed by atoms with Crippen LogP contribution in [0, 0.1) is 5.82 Å². The second-order valence-electron chi connectivity index (χ2n) is 7.81. The van der Waals surface area contributed by atoms with E-state index in [4.69, 9.17) is 10.5 Å². The molecule has 168 valence electrons. The molecule has 4 rings (SSSR count). The number of hydrogen-bond donors (Lipinski definition) is 3. The molecule has 7 heteroatoms. The molecule has 0 spiro atoms. The van der Waals surface area contributed by atoms with E-state index in [1.165, 1.54) is 12.1 Å². The van der Waals surface area contributed by atoms with Gasteiger partial charge in [-0.25, -0.2) is 4.39 Å². The molecule has 0 aliphatic carbocycles. The summed E-state index contributed by atoms with van der Waals surface area (Å²) in [4.78, 5) is 23.3. The van der Waals surface area contributed by atoms with E-state index < -0.39 is 10.9 Å². The molecular formula is C26H24FN3O3. The first-order chi connectivity index (χ1) is 15.9. The monoisotopic (exact) mass is 445 g/mol. The molecule has 4 aromatic rings. The third kappa shape index (κ3) is 4.49. The third-order valence-corrected chi connectivity index (χ3v) is 5.68. The van der Waals surface area contributed by atoms with Gasteiger partial charge in [-0.1, -0.05) is 42.5 Å². The molecule has 33 heavy (non-hydrogen) atoms. The molecule has 0 saturated heterocycles. The lowest BCUT2D eigenvalue weighted by Crippen LogP contribution is -2.36. The Hall–Kier alpha value is -3.97. The van der Waals surface area contributed by atoms with Crippen molar-refractivity contribution in [2.24, 2.45) is 0 Å². The molecule has 0 saturated carbocycles. The second-order valence-corrected chi connectivity index (χ2v) is 7.81. The van der Waals surface area contributed by atoms with Gasteiger partial charge in [-0.15, -0.1) is 0 Å². The molecule has 0 fully saturated rings. The van der Waals surface area contributed by atoms with Gasteiger partial charge in [0.1, 0.15) is 22.9 Å². The van der Waals surface area contributed by atoms with Crippen LogP contribution in [-0.2, 0) is 0 Å². The quantitative estimate of drug-likeness (QED) is 0.352. The van der Waals surface area contributed by atoms with E-state index in [-0.39, 0.29) is 29.3 Å². The molecule has 0 bridgehead atoms. The summed E-state index contributed by atoms with van der Waals surface area (Å²) >= 11 is 0. The van der Waals surface area contributed by atoms with Crippen LogP contribution >= 0.6 is 0 Å². The van der Waals surface area contributed by atoms with Crippen LogP contribution in [0.25, 0.3) is 0 Å². The topological polar surface area (TPSA) is 93.4 Å². The number of benzene rings is 3. The Balaban J connectivity index is 1.75. The molecule has 0 heterocycles. The standard InChI is InChI=1S/C26H24FN3O3/c1-15(16-6-4-3-5-7-16)29-23(17-8-10-18(27)11-9-17)20-14-19(12-13-21(20)33-2)30-24-22(28)25(31)26(24)32/h3-15,23,29-30H,28H2,1-2H3/t15-,23?/m0/s1. The Morgan fingerprint density at radius 1 is 0.909 bits per heavy atom. The van der Waals surface area contributed by atoms with Crippen molar-refractivity contribution in [1.29, 1.82) is 0 Å². The zero-order valence-corrected chi connectivity index (χ0v) is 18.3. The molecule has 2 atom stereocenters. The molecule has 0 aromatic heterocycles. The number of methoxy groups -OCH3 is 1. The highest BCUT2D eigenvalue weighted by Crippen LogP contribution is 2.35. The van der Waals surface area contributed by atoms with Gasteiger partial charge >= 0.3 is 0 Å². The highest BCUT2D eigenvalue weighted by atomic mass is 19.1. The van der Waals surface area contributed by atoms with Crippen molar-refractivity contribution < 1.29 is 9.13 Å². The van der Waals surface area contributed by atoms with E-state index in [2.05, 4.69) is 10.6 Å². The summed E-state index contributed by atoms with van der Waals surface area (Å²) in [7, 11) is 1.57. The minimum absolute atomic E-state index is 0.0354. The van der Waals surface area contributed by atoms with Gasteiger partial charge in [0.2, 0.25) is 0 Å². The van der Waals surface area contributed by atoms with Gasteiger partial charge in [0.05, 0.1) is 13.2 Å². The maximum absolute atomic E-state index is 13.7. The van der Waals surface area contributed by atoms with E-state index in [0.29, 0.717) is 11.4 Å². The van der Waals surface area contributed by atoms with E-state index in [1.807, 2.05) is 43.3 Å². The smallest absolute Gasteiger partial charge is 0.253 e. The summed E-state index contributed by atoms with van der Waals surface area (Å²) in [6, 6.07) is 21.2. The summed E-state index contributed by atoms with van der Waals surface area (Å²) in [6.45, 7) is 2.05. The first kappa shape index (κ1) is 22.2. The van der Waals surface area contributed by atoms with Crippen molar-refractivity contribution in [3.05, 3.63) is 116 Å². The average Bonchev–Trinajstić information content (AvgIpc) is 2.86.